The predicted molar refractivity (Wildman–Crippen MR) is 198 cm³/mol. The van der Waals surface area contributed by atoms with Crippen molar-refractivity contribution in [2.45, 2.75) is 244 Å². The van der Waals surface area contributed by atoms with Crippen LogP contribution in [0.1, 0.15) is 239 Å². The number of halogens is 1. The van der Waals surface area contributed by atoms with Gasteiger partial charge >= 0.3 is 0 Å². The molecule has 1 atom stereocenters. The molecule has 0 heterocycles. The van der Waals surface area contributed by atoms with E-state index in [1.165, 1.54) is 225 Å². The fourth-order valence-electron chi connectivity index (χ4n) is 6.15. The third-order valence-corrected chi connectivity index (χ3v) is 9.43. The molecule has 0 bridgehead atoms. The van der Waals surface area contributed by atoms with Crippen LogP contribution in [0.4, 0.5) is 0 Å². The Balaban J connectivity index is 0. The molecular formula is C40H84ClN. The third kappa shape index (κ3) is 44.7. The van der Waals surface area contributed by atoms with E-state index in [4.69, 9.17) is 11.6 Å². The van der Waals surface area contributed by atoms with Gasteiger partial charge in [0.05, 0.1) is 0 Å². The van der Waals surface area contributed by atoms with Crippen molar-refractivity contribution in [2.75, 3.05) is 14.1 Å². The zero-order chi connectivity index (χ0) is 31.0. The molecule has 0 aromatic rings. The number of hydrogen-bond donors (Lipinski definition) is 1. The van der Waals surface area contributed by atoms with E-state index in [0.29, 0.717) is 5.38 Å². The number of unbranched alkanes of at least 4 members (excludes halogenated alkanes) is 31. The largest absolute Gasteiger partial charge is 0.323 e. The molecule has 0 rings (SSSR count). The summed E-state index contributed by atoms with van der Waals surface area (Å²) in [7, 11) is 3.75. The van der Waals surface area contributed by atoms with Gasteiger partial charge in [-0.15, -0.1) is 11.6 Å². The quantitative estimate of drug-likeness (QED) is 0.0553. The Morgan fingerprint density at radius 1 is 0.310 bits per heavy atom. The number of rotatable bonds is 35. The van der Waals surface area contributed by atoms with Gasteiger partial charge in [-0.1, -0.05) is 226 Å². The highest BCUT2D eigenvalue weighted by Gasteiger charge is 2.04. The molecule has 1 unspecified atom stereocenters. The summed E-state index contributed by atoms with van der Waals surface area (Å²) in [4.78, 5) is 0. The lowest BCUT2D eigenvalue weighted by atomic mass is 10.0. The van der Waals surface area contributed by atoms with Gasteiger partial charge in [0.15, 0.2) is 0 Å². The summed E-state index contributed by atoms with van der Waals surface area (Å²) in [6, 6.07) is 0. The molecule has 0 aromatic carbocycles. The molecule has 0 amide bonds. The first kappa shape index (κ1) is 44.4. The van der Waals surface area contributed by atoms with Crippen molar-refractivity contribution >= 4 is 11.6 Å². The van der Waals surface area contributed by atoms with Crippen molar-refractivity contribution in [3.8, 4) is 0 Å². The van der Waals surface area contributed by atoms with Gasteiger partial charge in [-0.05, 0) is 26.9 Å². The lowest BCUT2D eigenvalue weighted by Gasteiger charge is -2.09. The molecule has 0 aromatic heterocycles. The average molecular weight is 615 g/mol. The Morgan fingerprint density at radius 2 is 0.452 bits per heavy atom. The molecule has 1 nitrogen and oxygen atoms in total. The minimum atomic E-state index is 0.438. The van der Waals surface area contributed by atoms with E-state index in [1.807, 2.05) is 14.1 Å². The molecule has 42 heavy (non-hydrogen) atoms. The average Bonchev–Trinajstić information content (AvgIpc) is 2.99. The van der Waals surface area contributed by atoms with Gasteiger partial charge in [-0.25, -0.2) is 0 Å². The van der Waals surface area contributed by atoms with E-state index < -0.39 is 0 Å². The first-order chi connectivity index (χ1) is 20.7. The topological polar surface area (TPSA) is 12.0 Å². The summed E-state index contributed by atoms with van der Waals surface area (Å²) in [5.74, 6) is 0. The van der Waals surface area contributed by atoms with Crippen LogP contribution in [0.2, 0.25) is 0 Å². The zero-order valence-corrected chi connectivity index (χ0v) is 31.0. The smallest absolute Gasteiger partial charge is 0.0336 e. The van der Waals surface area contributed by atoms with E-state index in [9.17, 15) is 0 Å². The summed E-state index contributed by atoms with van der Waals surface area (Å²) in [5.41, 5.74) is 0. The SMILES string of the molecule is CCCCCCCCCCCCCCCCCCCCC(Cl)CCCCCCCCCCCCCCCCC.CNC. The second kappa shape index (κ2) is 43.4. The maximum Gasteiger partial charge on any atom is 0.0336 e. The van der Waals surface area contributed by atoms with Crippen molar-refractivity contribution < 1.29 is 0 Å². The van der Waals surface area contributed by atoms with Crippen LogP contribution in [0.15, 0.2) is 0 Å². The maximum atomic E-state index is 6.62. The summed E-state index contributed by atoms with van der Waals surface area (Å²) < 4.78 is 0. The first-order valence-electron chi connectivity index (χ1n) is 19.9. The summed E-state index contributed by atoms with van der Waals surface area (Å²) in [6.07, 6.45) is 50.3. The fraction of sp³-hybridized carbons (Fsp3) is 1.00. The first-order valence-corrected chi connectivity index (χ1v) is 20.4. The van der Waals surface area contributed by atoms with E-state index >= 15 is 0 Å². The highest BCUT2D eigenvalue weighted by Crippen LogP contribution is 2.19. The molecular weight excluding hydrogens is 530 g/mol. The van der Waals surface area contributed by atoms with Crippen LogP contribution in [0.3, 0.4) is 0 Å². The lowest BCUT2D eigenvalue weighted by molar-refractivity contribution is 0.512. The van der Waals surface area contributed by atoms with Crippen LogP contribution in [0.25, 0.3) is 0 Å². The molecule has 0 aliphatic rings. The molecule has 0 aliphatic carbocycles. The second-order valence-electron chi connectivity index (χ2n) is 13.6. The third-order valence-electron chi connectivity index (χ3n) is 8.99. The van der Waals surface area contributed by atoms with Crippen molar-refractivity contribution in [1.82, 2.24) is 5.32 Å². The Kier molecular flexibility index (Phi) is 45.8. The molecule has 256 valence electrons. The van der Waals surface area contributed by atoms with E-state index in [2.05, 4.69) is 19.2 Å². The zero-order valence-electron chi connectivity index (χ0n) is 30.2. The standard InChI is InChI=1S/C38H77Cl.C2H7N/c1-3-5-7-9-11-13-15-17-19-20-21-23-25-27-29-31-33-35-37-38(39)36-34-32-30-28-26-24-22-18-16-14-12-10-8-6-4-2;1-3-2/h38H,3-37H2,1-2H3;3H,1-2H3. The second-order valence-corrected chi connectivity index (χ2v) is 14.3. The Hall–Kier alpha value is 0.250. The minimum Gasteiger partial charge on any atom is -0.323 e. The van der Waals surface area contributed by atoms with Gasteiger partial charge in [0.1, 0.15) is 0 Å². The van der Waals surface area contributed by atoms with Crippen LogP contribution in [-0.2, 0) is 0 Å². The number of nitrogens with one attached hydrogen (secondary N) is 1. The van der Waals surface area contributed by atoms with Crippen LogP contribution in [-0.4, -0.2) is 19.5 Å². The highest BCUT2D eigenvalue weighted by molar-refractivity contribution is 6.20. The molecule has 0 fully saturated rings. The monoisotopic (exact) mass is 614 g/mol. The Bertz CT molecular complexity index is 426. The summed E-state index contributed by atoms with van der Waals surface area (Å²) >= 11 is 6.62. The molecule has 0 saturated heterocycles. The van der Waals surface area contributed by atoms with E-state index in [-0.39, 0.29) is 0 Å². The van der Waals surface area contributed by atoms with Gasteiger partial charge < -0.3 is 5.32 Å². The summed E-state index contributed by atoms with van der Waals surface area (Å²) in [6.45, 7) is 4.61. The number of alkyl halides is 1. The van der Waals surface area contributed by atoms with Crippen molar-refractivity contribution in [2.24, 2.45) is 0 Å². The van der Waals surface area contributed by atoms with Crippen molar-refractivity contribution in [1.29, 1.82) is 0 Å². The summed E-state index contributed by atoms with van der Waals surface area (Å²) in [5, 5.41) is 3.19. The van der Waals surface area contributed by atoms with Crippen LogP contribution < -0.4 is 5.32 Å². The molecule has 0 aliphatic heterocycles. The van der Waals surface area contributed by atoms with Gasteiger partial charge in [-0.3, -0.25) is 0 Å². The fourth-order valence-corrected chi connectivity index (χ4v) is 6.46. The van der Waals surface area contributed by atoms with Crippen LogP contribution >= 0.6 is 11.6 Å². The molecule has 1 N–H and O–H groups in total. The molecule has 0 saturated carbocycles. The van der Waals surface area contributed by atoms with Crippen LogP contribution in [0.5, 0.6) is 0 Å². The van der Waals surface area contributed by atoms with Crippen molar-refractivity contribution in [3.63, 3.8) is 0 Å². The molecule has 0 radical (unpaired) electrons. The Labute approximate surface area is 274 Å². The predicted octanol–water partition coefficient (Wildman–Crippen LogP) is 15.1. The number of hydrogen-bond acceptors (Lipinski definition) is 1. The minimum absolute atomic E-state index is 0.438. The van der Waals surface area contributed by atoms with Gasteiger partial charge in [-0.2, -0.15) is 0 Å². The normalized spacial score (nSPS) is 11.9. The lowest BCUT2D eigenvalue weighted by Crippen LogP contribution is -1.98. The molecule has 2 heteroatoms. The van der Waals surface area contributed by atoms with Gasteiger partial charge in [0, 0.05) is 5.38 Å². The van der Waals surface area contributed by atoms with Crippen molar-refractivity contribution in [3.05, 3.63) is 0 Å². The van der Waals surface area contributed by atoms with Crippen LogP contribution in [0, 0.1) is 0 Å². The Morgan fingerprint density at radius 3 is 0.619 bits per heavy atom. The van der Waals surface area contributed by atoms with E-state index in [0.717, 1.165) is 0 Å². The molecule has 0 spiro atoms. The van der Waals surface area contributed by atoms with E-state index in [1.54, 1.807) is 0 Å². The van der Waals surface area contributed by atoms with Gasteiger partial charge in [0.25, 0.3) is 0 Å². The van der Waals surface area contributed by atoms with Gasteiger partial charge in [0.2, 0.25) is 0 Å². The highest BCUT2D eigenvalue weighted by atomic mass is 35.5. The maximum absolute atomic E-state index is 6.62.